The van der Waals surface area contributed by atoms with Gasteiger partial charge in [-0.15, -0.1) is 0 Å². The van der Waals surface area contributed by atoms with Crippen LogP contribution in [-0.4, -0.2) is 24.2 Å². The summed E-state index contributed by atoms with van der Waals surface area (Å²) in [6.07, 6.45) is 3.96. The first-order chi connectivity index (χ1) is 7.37. The highest BCUT2D eigenvalue weighted by Gasteiger charge is 2.20. The number of carbonyl (C=O) groups excluding carboxylic acids is 1. The fraction of sp³-hybridized carbons (Fsp3) is 0.923. The van der Waals surface area contributed by atoms with Crippen LogP contribution >= 0.6 is 0 Å². The maximum Gasteiger partial charge on any atom is 0.306 e. The maximum atomic E-state index is 11.5. The van der Waals surface area contributed by atoms with E-state index in [1.165, 1.54) is 12.8 Å². The van der Waals surface area contributed by atoms with E-state index in [4.69, 9.17) is 4.74 Å². The molecule has 2 atom stereocenters. The molecule has 1 rings (SSSR count). The maximum absolute atomic E-state index is 11.5. The van der Waals surface area contributed by atoms with Crippen LogP contribution in [0.1, 0.15) is 53.4 Å². The molecule has 1 heterocycles. The second-order valence-corrected chi connectivity index (χ2v) is 5.88. The minimum absolute atomic E-state index is 0.0638. The van der Waals surface area contributed by atoms with E-state index in [9.17, 15) is 4.79 Å². The van der Waals surface area contributed by atoms with Gasteiger partial charge < -0.3 is 10.1 Å². The number of hydrogen-bond donors (Lipinski definition) is 1. The molecular weight excluding hydrogens is 202 g/mol. The molecule has 1 N–H and O–H groups in total. The summed E-state index contributed by atoms with van der Waals surface area (Å²) in [5, 5.41) is 3.45. The smallest absolute Gasteiger partial charge is 0.306 e. The molecule has 0 radical (unpaired) electrons. The van der Waals surface area contributed by atoms with Gasteiger partial charge in [-0.1, -0.05) is 0 Å². The third kappa shape index (κ3) is 5.50. The average Bonchev–Trinajstić information content (AvgIpc) is 2.14. The van der Waals surface area contributed by atoms with Crippen LogP contribution in [0.5, 0.6) is 0 Å². The van der Waals surface area contributed by atoms with Gasteiger partial charge in [0.15, 0.2) is 0 Å². The molecule has 0 aromatic heterocycles. The third-order valence-corrected chi connectivity index (χ3v) is 2.94. The van der Waals surface area contributed by atoms with Crippen LogP contribution in [0.15, 0.2) is 0 Å². The van der Waals surface area contributed by atoms with Gasteiger partial charge in [-0.3, -0.25) is 4.79 Å². The van der Waals surface area contributed by atoms with Crippen molar-refractivity contribution >= 4 is 5.97 Å². The van der Waals surface area contributed by atoms with Crippen LogP contribution in [-0.2, 0) is 9.53 Å². The van der Waals surface area contributed by atoms with Crippen molar-refractivity contribution in [2.75, 3.05) is 6.54 Å². The molecule has 3 heteroatoms. The highest BCUT2D eigenvalue weighted by Crippen LogP contribution is 2.20. The van der Waals surface area contributed by atoms with Crippen molar-refractivity contribution < 1.29 is 9.53 Å². The van der Waals surface area contributed by atoms with Crippen LogP contribution in [0.2, 0.25) is 0 Å². The van der Waals surface area contributed by atoms with E-state index < -0.39 is 0 Å². The summed E-state index contributed by atoms with van der Waals surface area (Å²) in [6, 6.07) is 0.637. The zero-order valence-corrected chi connectivity index (χ0v) is 11.0. The van der Waals surface area contributed by atoms with E-state index in [0.717, 1.165) is 13.0 Å². The molecule has 1 aliphatic rings. The summed E-state index contributed by atoms with van der Waals surface area (Å²) in [6.45, 7) is 8.99. The second kappa shape index (κ2) is 5.67. The van der Waals surface area contributed by atoms with Crippen molar-refractivity contribution in [2.24, 2.45) is 5.92 Å². The van der Waals surface area contributed by atoms with Gasteiger partial charge >= 0.3 is 5.97 Å². The summed E-state index contributed by atoms with van der Waals surface area (Å²) >= 11 is 0. The SMILES string of the molecule is C[C@@H]1CC[C@@H](CCC(=O)OC(C)(C)C)CN1. The van der Waals surface area contributed by atoms with Crippen LogP contribution < -0.4 is 5.32 Å². The fourth-order valence-corrected chi connectivity index (χ4v) is 2.02. The summed E-state index contributed by atoms with van der Waals surface area (Å²) in [4.78, 5) is 11.5. The zero-order valence-electron chi connectivity index (χ0n) is 11.0. The molecule has 3 nitrogen and oxygen atoms in total. The van der Waals surface area contributed by atoms with Crippen molar-refractivity contribution in [1.82, 2.24) is 5.32 Å². The molecule has 1 saturated heterocycles. The number of hydrogen-bond acceptors (Lipinski definition) is 3. The lowest BCUT2D eigenvalue weighted by atomic mass is 9.91. The van der Waals surface area contributed by atoms with E-state index >= 15 is 0 Å². The molecule has 0 unspecified atom stereocenters. The van der Waals surface area contributed by atoms with E-state index in [1.807, 2.05) is 20.8 Å². The Morgan fingerprint density at radius 2 is 2.06 bits per heavy atom. The number of carbonyl (C=O) groups is 1. The molecular formula is C13H25NO2. The lowest BCUT2D eigenvalue weighted by Crippen LogP contribution is -2.37. The summed E-state index contributed by atoms with van der Waals surface area (Å²) < 4.78 is 5.29. The molecule has 0 spiro atoms. The largest absolute Gasteiger partial charge is 0.460 e. The van der Waals surface area contributed by atoms with Gasteiger partial charge in [0, 0.05) is 12.5 Å². The van der Waals surface area contributed by atoms with Crippen molar-refractivity contribution in [3.8, 4) is 0 Å². The summed E-state index contributed by atoms with van der Waals surface area (Å²) in [5.74, 6) is 0.579. The second-order valence-electron chi connectivity index (χ2n) is 5.88. The summed E-state index contributed by atoms with van der Waals surface area (Å²) in [7, 11) is 0. The Morgan fingerprint density at radius 1 is 1.38 bits per heavy atom. The third-order valence-electron chi connectivity index (χ3n) is 2.94. The first-order valence-electron chi connectivity index (χ1n) is 6.32. The molecule has 1 fully saturated rings. The molecule has 1 aliphatic heterocycles. The quantitative estimate of drug-likeness (QED) is 0.753. The first kappa shape index (κ1) is 13.5. The number of ether oxygens (including phenoxy) is 1. The average molecular weight is 227 g/mol. The van der Waals surface area contributed by atoms with Crippen LogP contribution in [0.25, 0.3) is 0 Å². The number of esters is 1. The van der Waals surface area contributed by atoms with Gasteiger partial charge in [0.2, 0.25) is 0 Å². The highest BCUT2D eigenvalue weighted by atomic mass is 16.6. The monoisotopic (exact) mass is 227 g/mol. The molecule has 0 saturated carbocycles. The van der Waals surface area contributed by atoms with E-state index in [-0.39, 0.29) is 11.6 Å². The molecule has 0 aliphatic carbocycles. The molecule has 0 aromatic carbocycles. The van der Waals surface area contributed by atoms with Gasteiger partial charge in [0.25, 0.3) is 0 Å². The predicted octanol–water partition coefficient (Wildman–Crippen LogP) is 2.50. The van der Waals surface area contributed by atoms with Crippen LogP contribution in [0.4, 0.5) is 0 Å². The Bertz CT molecular complexity index is 225. The Balaban J connectivity index is 2.17. The minimum Gasteiger partial charge on any atom is -0.460 e. The van der Waals surface area contributed by atoms with Gasteiger partial charge in [0.05, 0.1) is 0 Å². The topological polar surface area (TPSA) is 38.3 Å². The molecule has 16 heavy (non-hydrogen) atoms. The van der Waals surface area contributed by atoms with E-state index in [0.29, 0.717) is 18.4 Å². The van der Waals surface area contributed by atoms with Gasteiger partial charge in [-0.2, -0.15) is 0 Å². The fourth-order valence-electron chi connectivity index (χ4n) is 2.02. The Morgan fingerprint density at radius 3 is 2.56 bits per heavy atom. The molecule has 0 amide bonds. The van der Waals surface area contributed by atoms with Crippen LogP contribution in [0, 0.1) is 5.92 Å². The van der Waals surface area contributed by atoms with E-state index in [2.05, 4.69) is 12.2 Å². The van der Waals surface area contributed by atoms with Crippen molar-refractivity contribution in [1.29, 1.82) is 0 Å². The minimum atomic E-state index is -0.351. The molecule has 0 aromatic rings. The van der Waals surface area contributed by atoms with E-state index in [1.54, 1.807) is 0 Å². The Hall–Kier alpha value is -0.570. The molecule has 94 valence electrons. The number of piperidine rings is 1. The van der Waals surface area contributed by atoms with Crippen LogP contribution in [0.3, 0.4) is 0 Å². The lowest BCUT2D eigenvalue weighted by Gasteiger charge is -2.27. The standard InChI is InChI=1S/C13H25NO2/c1-10-5-6-11(9-14-10)7-8-12(15)16-13(2,3)4/h10-11,14H,5-9H2,1-4H3/t10-,11+/m1/s1. The van der Waals surface area contributed by atoms with Crippen molar-refractivity contribution in [3.63, 3.8) is 0 Å². The predicted molar refractivity (Wildman–Crippen MR) is 65.3 cm³/mol. The first-order valence-corrected chi connectivity index (χ1v) is 6.32. The van der Waals surface area contributed by atoms with Crippen molar-refractivity contribution in [3.05, 3.63) is 0 Å². The highest BCUT2D eigenvalue weighted by molar-refractivity contribution is 5.69. The van der Waals surface area contributed by atoms with Gasteiger partial charge in [-0.05, 0) is 59.4 Å². The number of nitrogens with one attached hydrogen (secondary N) is 1. The normalized spacial score (nSPS) is 26.5. The van der Waals surface area contributed by atoms with Gasteiger partial charge in [-0.25, -0.2) is 0 Å². The zero-order chi connectivity index (χ0) is 12.2. The lowest BCUT2D eigenvalue weighted by molar-refractivity contribution is -0.155. The van der Waals surface area contributed by atoms with Crippen molar-refractivity contribution in [2.45, 2.75) is 65.0 Å². The number of rotatable bonds is 3. The Labute approximate surface area is 98.9 Å². The molecule has 0 bridgehead atoms. The Kier molecular flexibility index (Phi) is 4.78. The van der Waals surface area contributed by atoms with Gasteiger partial charge in [0.1, 0.15) is 5.60 Å². The summed E-state index contributed by atoms with van der Waals surface area (Å²) in [5.41, 5.74) is -0.351.